The highest BCUT2D eigenvalue weighted by atomic mass is 32.1. The van der Waals surface area contributed by atoms with E-state index >= 15 is 0 Å². The topological polar surface area (TPSA) is 72.4 Å². The van der Waals surface area contributed by atoms with E-state index in [4.69, 9.17) is 4.98 Å². The maximum absolute atomic E-state index is 4.72. The fourth-order valence-electron chi connectivity index (χ4n) is 3.92. The molecule has 3 aromatic heterocycles. The molecule has 4 heterocycles. The molecule has 0 radical (unpaired) electrons. The van der Waals surface area contributed by atoms with E-state index in [-0.39, 0.29) is 0 Å². The number of nitrogens with one attached hydrogen (secondary N) is 2. The van der Waals surface area contributed by atoms with E-state index in [0.717, 1.165) is 43.2 Å². The predicted molar refractivity (Wildman–Crippen MR) is 111 cm³/mol. The maximum atomic E-state index is 4.72. The smallest absolute Gasteiger partial charge is 0.276 e. The van der Waals surface area contributed by atoms with Crippen molar-refractivity contribution in [3.05, 3.63) is 46.3 Å². The molecule has 0 saturated heterocycles. The van der Waals surface area contributed by atoms with Crippen LogP contribution in [0.1, 0.15) is 29.9 Å². The van der Waals surface area contributed by atoms with E-state index in [9.17, 15) is 0 Å². The number of quaternary nitrogens is 1. The van der Waals surface area contributed by atoms with Crippen molar-refractivity contribution in [2.45, 2.75) is 33.4 Å². The van der Waals surface area contributed by atoms with Gasteiger partial charge in [-0.1, -0.05) is 49.3 Å². The summed E-state index contributed by atoms with van der Waals surface area (Å²) in [7, 11) is 0. The number of rotatable bonds is 5. The molecule has 0 aliphatic carbocycles. The number of aromatic nitrogens is 5. The summed E-state index contributed by atoms with van der Waals surface area (Å²) in [5.41, 5.74) is 2.82. The molecule has 8 heteroatoms. The average Bonchev–Trinajstić information content (AvgIpc) is 3.30. The number of nitrogens with zero attached hydrogens (tertiary/aromatic N) is 5. The summed E-state index contributed by atoms with van der Waals surface area (Å²) in [5.74, 6) is 2.03. The minimum Gasteiger partial charge on any atom is -0.369 e. The van der Waals surface area contributed by atoms with E-state index in [1.54, 1.807) is 9.42 Å². The van der Waals surface area contributed by atoms with E-state index in [2.05, 4.69) is 65.0 Å². The number of anilines is 1. The van der Waals surface area contributed by atoms with Crippen molar-refractivity contribution in [3.63, 3.8) is 0 Å². The predicted octanol–water partition coefficient (Wildman–Crippen LogP) is 1.94. The van der Waals surface area contributed by atoms with Crippen LogP contribution in [0, 0.1) is 5.92 Å². The van der Waals surface area contributed by atoms with Crippen LogP contribution in [0.3, 0.4) is 0 Å². The van der Waals surface area contributed by atoms with E-state index in [1.807, 2.05) is 11.3 Å². The molecule has 0 saturated carbocycles. The molecule has 2 N–H and O–H groups in total. The summed E-state index contributed by atoms with van der Waals surface area (Å²) >= 11 is 1.82. The van der Waals surface area contributed by atoms with E-state index < -0.39 is 0 Å². The highest BCUT2D eigenvalue weighted by Crippen LogP contribution is 2.36. The zero-order valence-electron chi connectivity index (χ0n) is 16.1. The molecule has 28 heavy (non-hydrogen) atoms. The lowest BCUT2D eigenvalue weighted by molar-refractivity contribution is -0.929. The van der Waals surface area contributed by atoms with Crippen molar-refractivity contribution >= 4 is 33.1 Å². The fourth-order valence-corrected chi connectivity index (χ4v) is 5.28. The highest BCUT2D eigenvalue weighted by Gasteiger charge is 2.27. The van der Waals surface area contributed by atoms with Crippen LogP contribution >= 0.6 is 11.3 Å². The van der Waals surface area contributed by atoms with Crippen LogP contribution in [0.4, 0.5) is 5.82 Å². The van der Waals surface area contributed by atoms with E-state index in [1.165, 1.54) is 21.4 Å². The van der Waals surface area contributed by atoms with Gasteiger partial charge in [-0.15, -0.1) is 11.3 Å². The number of hydrogen-bond acceptors (Lipinski definition) is 6. The van der Waals surface area contributed by atoms with Crippen LogP contribution in [-0.2, 0) is 19.5 Å². The molecule has 1 atom stereocenters. The first-order chi connectivity index (χ1) is 13.7. The van der Waals surface area contributed by atoms with Crippen molar-refractivity contribution in [3.8, 4) is 0 Å². The van der Waals surface area contributed by atoms with Crippen LogP contribution in [0.25, 0.3) is 16.0 Å². The van der Waals surface area contributed by atoms with Crippen LogP contribution in [0.2, 0.25) is 0 Å². The molecule has 0 amide bonds. The van der Waals surface area contributed by atoms with Crippen molar-refractivity contribution in [1.82, 2.24) is 25.0 Å². The van der Waals surface area contributed by atoms with Crippen molar-refractivity contribution in [2.75, 3.05) is 18.4 Å². The fraction of sp³-hybridized carbons (Fsp3) is 0.400. The molecule has 1 unspecified atom stereocenters. The number of hydrogen-bond donors (Lipinski definition) is 2. The van der Waals surface area contributed by atoms with Crippen molar-refractivity contribution in [2.24, 2.45) is 5.92 Å². The van der Waals surface area contributed by atoms with Crippen LogP contribution in [0.15, 0.2) is 30.3 Å². The van der Waals surface area contributed by atoms with Gasteiger partial charge in [-0.2, -0.15) is 9.50 Å². The quantitative estimate of drug-likeness (QED) is 0.541. The summed E-state index contributed by atoms with van der Waals surface area (Å²) in [6, 6.07) is 10.8. The van der Waals surface area contributed by atoms with Gasteiger partial charge in [-0.3, -0.25) is 0 Å². The molecule has 5 rings (SSSR count). The Labute approximate surface area is 167 Å². The summed E-state index contributed by atoms with van der Waals surface area (Å²) in [4.78, 5) is 8.86. The molecule has 4 aromatic rings. The minimum atomic E-state index is 0.546. The Bertz CT molecular complexity index is 1120. The molecule has 144 valence electrons. The van der Waals surface area contributed by atoms with Gasteiger partial charge >= 0.3 is 0 Å². The lowest BCUT2D eigenvalue weighted by Crippen LogP contribution is -3.10. The standard InChI is InChI=1S/C20H23N7S/c1-13(2)10-21-18-17-15-8-9-26(11-14-6-4-3-5-7-14)12-16(15)28-19(17)27-20(22-18)23-24-25-27/h3-7,13H,8-12H2,1-2H3,(H,21,22,23,25)/p+1. The van der Waals surface area contributed by atoms with Crippen LogP contribution in [-0.4, -0.2) is 38.1 Å². The van der Waals surface area contributed by atoms with Crippen LogP contribution < -0.4 is 10.2 Å². The molecule has 0 fully saturated rings. The number of fused-ring (bicyclic) bond motifs is 5. The second-order valence-electron chi connectivity index (χ2n) is 7.90. The number of thiophene rings is 1. The Morgan fingerprint density at radius 3 is 2.93 bits per heavy atom. The van der Waals surface area contributed by atoms with Gasteiger partial charge in [0.25, 0.3) is 5.78 Å². The third-order valence-electron chi connectivity index (χ3n) is 5.28. The molecule has 7 nitrogen and oxygen atoms in total. The van der Waals surface area contributed by atoms with Gasteiger partial charge in [0.1, 0.15) is 23.7 Å². The van der Waals surface area contributed by atoms with Gasteiger partial charge in [0.15, 0.2) is 0 Å². The maximum Gasteiger partial charge on any atom is 0.276 e. The van der Waals surface area contributed by atoms with Gasteiger partial charge in [0, 0.05) is 18.5 Å². The second kappa shape index (κ2) is 7.10. The molecule has 1 aliphatic heterocycles. The molecule has 1 aromatic carbocycles. The summed E-state index contributed by atoms with van der Waals surface area (Å²) in [5, 5.41) is 16.9. The van der Waals surface area contributed by atoms with Crippen molar-refractivity contribution < 1.29 is 4.90 Å². The summed E-state index contributed by atoms with van der Waals surface area (Å²) in [6.07, 6.45) is 1.06. The van der Waals surface area contributed by atoms with Gasteiger partial charge in [-0.05, 0) is 21.9 Å². The van der Waals surface area contributed by atoms with Crippen molar-refractivity contribution in [1.29, 1.82) is 0 Å². The Hall–Kier alpha value is -2.58. The van der Waals surface area contributed by atoms with Gasteiger partial charge in [0.2, 0.25) is 0 Å². The van der Waals surface area contributed by atoms with Crippen LogP contribution in [0.5, 0.6) is 0 Å². The lowest BCUT2D eigenvalue weighted by Gasteiger charge is -2.24. The number of benzene rings is 1. The third kappa shape index (κ3) is 3.12. The summed E-state index contributed by atoms with van der Waals surface area (Å²) in [6.45, 7) is 8.52. The molecule has 0 spiro atoms. The zero-order chi connectivity index (χ0) is 19.1. The first-order valence-electron chi connectivity index (χ1n) is 9.82. The SMILES string of the molecule is CC(C)CNc1nc2nnnn2c2sc3c(c12)CC[NH+](Cc1ccccc1)C3. The van der Waals surface area contributed by atoms with Gasteiger partial charge in [0.05, 0.1) is 16.8 Å². The van der Waals surface area contributed by atoms with E-state index in [0.29, 0.717) is 11.7 Å². The normalized spacial score (nSPS) is 16.8. The Balaban J connectivity index is 1.53. The van der Waals surface area contributed by atoms with Gasteiger partial charge in [-0.25, -0.2) is 0 Å². The second-order valence-corrected chi connectivity index (χ2v) is 8.98. The average molecular weight is 395 g/mol. The molecular formula is C20H24N7S+. The molecular weight excluding hydrogens is 370 g/mol. The first-order valence-corrected chi connectivity index (χ1v) is 10.6. The third-order valence-corrected chi connectivity index (χ3v) is 6.49. The molecule has 1 aliphatic rings. The summed E-state index contributed by atoms with van der Waals surface area (Å²) < 4.78 is 1.79. The zero-order valence-corrected chi connectivity index (χ0v) is 17.0. The Morgan fingerprint density at radius 2 is 2.11 bits per heavy atom. The lowest BCUT2D eigenvalue weighted by atomic mass is 10.0. The Morgan fingerprint density at radius 1 is 1.25 bits per heavy atom. The first kappa shape index (κ1) is 17.5. The minimum absolute atomic E-state index is 0.546. The molecule has 0 bridgehead atoms. The Kier molecular flexibility index (Phi) is 4.44. The number of tetrazole rings is 1. The van der Waals surface area contributed by atoms with Gasteiger partial charge < -0.3 is 10.2 Å². The largest absolute Gasteiger partial charge is 0.369 e. The monoisotopic (exact) mass is 394 g/mol. The highest BCUT2D eigenvalue weighted by molar-refractivity contribution is 7.19.